The molecular weight excluding hydrogens is 532 g/mol. The molecule has 0 aromatic carbocycles. The highest BCUT2D eigenvalue weighted by molar-refractivity contribution is 5.99. The molecule has 0 aromatic rings. The summed E-state index contributed by atoms with van der Waals surface area (Å²) in [5, 5.41) is 13.1. The number of cyclic esters (lactones) is 1. The molecule has 3 saturated heterocycles. The van der Waals surface area contributed by atoms with E-state index in [-0.39, 0.29) is 43.8 Å². The van der Waals surface area contributed by atoms with Crippen molar-refractivity contribution in [2.24, 2.45) is 11.8 Å². The van der Waals surface area contributed by atoms with Crippen LogP contribution in [0.2, 0.25) is 0 Å². The van der Waals surface area contributed by atoms with Gasteiger partial charge in [0.2, 0.25) is 17.7 Å². The number of nitrogens with one attached hydrogen (secondary N) is 1. The lowest BCUT2D eigenvalue weighted by atomic mass is 9.74. The average Bonchev–Trinajstić information content (AvgIpc) is 3.61. The molecule has 3 fully saturated rings. The topological polar surface area (TPSA) is 138 Å². The Bertz CT molecular complexity index is 1070. The number of fused-ring (bicyclic) bond motifs is 2. The van der Waals surface area contributed by atoms with Crippen molar-refractivity contribution < 1.29 is 38.5 Å². The minimum Gasteiger partial charge on any atom is -0.460 e. The second-order valence-corrected chi connectivity index (χ2v) is 11.5. The van der Waals surface area contributed by atoms with Gasteiger partial charge in [0.05, 0.1) is 44.4 Å². The van der Waals surface area contributed by atoms with Crippen LogP contribution in [-0.4, -0.2) is 132 Å². The Hall–Kier alpha value is -2.80. The van der Waals surface area contributed by atoms with Gasteiger partial charge >= 0.3 is 5.97 Å². The molecule has 5 heterocycles. The van der Waals surface area contributed by atoms with E-state index in [0.29, 0.717) is 39.1 Å². The van der Waals surface area contributed by atoms with Crippen LogP contribution in [0.1, 0.15) is 33.1 Å². The van der Waals surface area contributed by atoms with Crippen molar-refractivity contribution in [1.29, 1.82) is 0 Å². The number of allylic oxidation sites excluding steroid dienone is 1. The maximum absolute atomic E-state index is 14.6. The van der Waals surface area contributed by atoms with Gasteiger partial charge in [-0.2, -0.15) is 0 Å². The normalized spacial score (nSPS) is 36.3. The summed E-state index contributed by atoms with van der Waals surface area (Å²) in [7, 11) is 0. The molecule has 2 N–H and O–H groups in total. The van der Waals surface area contributed by atoms with E-state index < -0.39 is 47.7 Å². The summed E-state index contributed by atoms with van der Waals surface area (Å²) < 4.78 is 17.6. The zero-order chi connectivity index (χ0) is 29.1. The number of carbonyl (C=O) groups is 4. The third-order valence-corrected chi connectivity index (χ3v) is 8.93. The van der Waals surface area contributed by atoms with Gasteiger partial charge in [0, 0.05) is 39.1 Å². The van der Waals surface area contributed by atoms with Crippen molar-refractivity contribution in [3.05, 3.63) is 24.3 Å². The van der Waals surface area contributed by atoms with Gasteiger partial charge in [-0.1, -0.05) is 31.2 Å². The molecule has 7 atom stereocenters. The van der Waals surface area contributed by atoms with Crippen LogP contribution < -0.4 is 5.32 Å². The number of ether oxygens (including phenoxy) is 3. The summed E-state index contributed by atoms with van der Waals surface area (Å²) in [5.41, 5.74) is -1.34. The number of likely N-dealkylation sites (tertiary alicyclic amines) is 1. The molecule has 12 heteroatoms. The van der Waals surface area contributed by atoms with Crippen LogP contribution in [0.15, 0.2) is 24.3 Å². The zero-order valence-corrected chi connectivity index (χ0v) is 23.9. The molecule has 5 aliphatic rings. The average molecular weight is 575 g/mol. The highest BCUT2D eigenvalue weighted by atomic mass is 16.6. The molecule has 41 heavy (non-hydrogen) atoms. The van der Waals surface area contributed by atoms with Crippen LogP contribution in [0.5, 0.6) is 0 Å². The van der Waals surface area contributed by atoms with Crippen LogP contribution in [0.3, 0.4) is 0 Å². The molecule has 1 spiro atoms. The van der Waals surface area contributed by atoms with E-state index in [2.05, 4.69) is 10.2 Å². The Morgan fingerprint density at radius 1 is 1.12 bits per heavy atom. The lowest BCUT2D eigenvalue weighted by Crippen LogP contribution is -2.59. The second kappa shape index (κ2) is 12.6. The van der Waals surface area contributed by atoms with Crippen molar-refractivity contribution in [3.63, 3.8) is 0 Å². The molecule has 5 aliphatic heterocycles. The summed E-state index contributed by atoms with van der Waals surface area (Å²) >= 11 is 0. The number of hydrogen-bond acceptors (Lipinski definition) is 9. The lowest BCUT2D eigenvalue weighted by molar-refractivity contribution is -0.159. The summed E-state index contributed by atoms with van der Waals surface area (Å²) in [6, 6.07) is -1.65. The largest absolute Gasteiger partial charge is 0.460 e. The van der Waals surface area contributed by atoms with Gasteiger partial charge in [0.1, 0.15) is 23.7 Å². The van der Waals surface area contributed by atoms with E-state index in [0.717, 1.165) is 13.1 Å². The van der Waals surface area contributed by atoms with Crippen molar-refractivity contribution in [2.75, 3.05) is 59.1 Å². The van der Waals surface area contributed by atoms with E-state index >= 15 is 0 Å². The highest BCUT2D eigenvalue weighted by Gasteiger charge is 2.74. The SMILES string of the molecule is CC[C@@H](CO)N1C(=O)[C@H]2[C@@H]3C(=O)O[C@H](C)CNC(=O)CC/C=C\CN(CCN4CCOCC4)C(=O)[C@H]1[C@@]21C=C[C@@H]3O1. The fourth-order valence-electron chi connectivity index (χ4n) is 6.71. The summed E-state index contributed by atoms with van der Waals surface area (Å²) in [5.74, 6) is -3.31. The van der Waals surface area contributed by atoms with E-state index in [1.807, 2.05) is 19.1 Å². The molecule has 0 unspecified atom stereocenters. The van der Waals surface area contributed by atoms with Crippen LogP contribution in [-0.2, 0) is 33.4 Å². The molecule has 5 bridgehead atoms. The van der Waals surface area contributed by atoms with Crippen molar-refractivity contribution in [2.45, 2.75) is 63.0 Å². The van der Waals surface area contributed by atoms with Crippen molar-refractivity contribution in [1.82, 2.24) is 20.0 Å². The molecule has 5 rings (SSSR count). The number of rotatable bonds is 6. The standard InChI is InChI=1S/C29H42N4O8/c1-3-20(18-34)33-25-27(37)32(12-11-31-13-15-39-16-14-31)10-6-4-5-7-22(35)30-17-19(2)40-28(38)23-21-8-9-29(25,41-21)24(23)26(33)36/h4,6,8-9,19-21,23-25,34H,3,5,7,10-18H2,1-2H3,(H,30,35)/b6-4-/t19-,20+,21+,23-,24-,25+,29-/m1/s1. The molecule has 3 amide bonds. The highest BCUT2D eigenvalue weighted by Crippen LogP contribution is 2.56. The molecular formula is C29H42N4O8. The monoisotopic (exact) mass is 574 g/mol. The number of esters is 1. The van der Waals surface area contributed by atoms with E-state index in [4.69, 9.17) is 14.2 Å². The predicted molar refractivity (Wildman–Crippen MR) is 146 cm³/mol. The molecule has 0 aliphatic carbocycles. The third-order valence-electron chi connectivity index (χ3n) is 8.93. The quantitative estimate of drug-likeness (QED) is 0.317. The number of hydrogen-bond donors (Lipinski definition) is 2. The van der Waals surface area contributed by atoms with E-state index in [1.54, 1.807) is 24.0 Å². The first-order chi connectivity index (χ1) is 19.8. The minimum absolute atomic E-state index is 0.150. The fraction of sp³-hybridized carbons (Fsp3) is 0.724. The van der Waals surface area contributed by atoms with Crippen molar-refractivity contribution in [3.8, 4) is 0 Å². The lowest BCUT2D eigenvalue weighted by Gasteiger charge is -2.39. The molecule has 0 radical (unpaired) electrons. The van der Waals surface area contributed by atoms with Gasteiger partial charge in [-0.05, 0) is 19.8 Å². The Balaban J connectivity index is 1.51. The van der Waals surface area contributed by atoms with Gasteiger partial charge in [-0.15, -0.1) is 0 Å². The van der Waals surface area contributed by atoms with Gasteiger partial charge in [-0.3, -0.25) is 24.1 Å². The maximum Gasteiger partial charge on any atom is 0.313 e. The smallest absolute Gasteiger partial charge is 0.313 e. The fourth-order valence-corrected chi connectivity index (χ4v) is 6.71. The number of amides is 3. The zero-order valence-electron chi connectivity index (χ0n) is 23.9. The van der Waals surface area contributed by atoms with Crippen LogP contribution in [0.4, 0.5) is 0 Å². The van der Waals surface area contributed by atoms with Crippen LogP contribution in [0, 0.1) is 11.8 Å². The number of nitrogens with zero attached hydrogens (tertiary/aromatic N) is 3. The summed E-state index contributed by atoms with van der Waals surface area (Å²) in [6.07, 6.45) is 7.15. The number of carbonyl (C=O) groups excluding carboxylic acids is 4. The first-order valence-corrected chi connectivity index (χ1v) is 14.8. The Morgan fingerprint density at radius 2 is 1.90 bits per heavy atom. The predicted octanol–water partition coefficient (Wildman–Crippen LogP) is -0.533. The molecule has 226 valence electrons. The third kappa shape index (κ3) is 5.67. The first-order valence-electron chi connectivity index (χ1n) is 14.8. The number of aliphatic hydroxyl groups is 1. The first kappa shape index (κ1) is 29.7. The van der Waals surface area contributed by atoms with Crippen molar-refractivity contribution >= 4 is 23.7 Å². The van der Waals surface area contributed by atoms with E-state index in [1.165, 1.54) is 4.90 Å². The summed E-state index contributed by atoms with van der Waals surface area (Å²) in [4.78, 5) is 59.9. The number of aliphatic hydroxyl groups excluding tert-OH is 1. The Kier molecular flexibility index (Phi) is 9.12. The Morgan fingerprint density at radius 3 is 2.63 bits per heavy atom. The van der Waals surface area contributed by atoms with Gasteiger partial charge in [-0.25, -0.2) is 0 Å². The second-order valence-electron chi connectivity index (χ2n) is 11.5. The van der Waals surface area contributed by atoms with Gasteiger partial charge in [0.25, 0.3) is 0 Å². The summed E-state index contributed by atoms with van der Waals surface area (Å²) in [6.45, 7) is 7.51. The minimum atomic E-state index is -1.34. The molecule has 0 saturated carbocycles. The molecule has 0 aromatic heterocycles. The Labute approximate surface area is 240 Å². The molecule has 12 nitrogen and oxygen atoms in total. The van der Waals surface area contributed by atoms with Gasteiger partial charge in [0.15, 0.2) is 0 Å². The van der Waals surface area contributed by atoms with E-state index in [9.17, 15) is 24.3 Å². The number of morpholine rings is 1. The van der Waals surface area contributed by atoms with Crippen LogP contribution in [0.25, 0.3) is 0 Å². The van der Waals surface area contributed by atoms with Crippen LogP contribution >= 0.6 is 0 Å². The van der Waals surface area contributed by atoms with Gasteiger partial charge < -0.3 is 34.4 Å². The maximum atomic E-state index is 14.6.